The van der Waals surface area contributed by atoms with Crippen LogP contribution in [0, 0.1) is 26.2 Å². The Labute approximate surface area is 217 Å². The third-order valence-corrected chi connectivity index (χ3v) is 7.82. The SMILES string of the molecule is C#Cc1c(C)c(N)c(C)c(S(=O)(=O)c2ccc(OC)cc2)c1C(=O)O.c1ccc(-c2ccccc2)cc1. The summed E-state index contributed by atoms with van der Waals surface area (Å²) in [5.41, 5.74) is 8.73. The third kappa shape index (κ3) is 5.66. The summed E-state index contributed by atoms with van der Waals surface area (Å²) in [5.74, 6) is 1.30. The Balaban J connectivity index is 0.000000262. The quantitative estimate of drug-likeness (QED) is 0.260. The lowest BCUT2D eigenvalue weighted by molar-refractivity contribution is 0.0692. The predicted molar refractivity (Wildman–Crippen MR) is 146 cm³/mol. The van der Waals surface area contributed by atoms with Crippen molar-refractivity contribution in [1.29, 1.82) is 0 Å². The number of methoxy groups -OCH3 is 1. The van der Waals surface area contributed by atoms with E-state index in [1.165, 1.54) is 49.4 Å². The van der Waals surface area contributed by atoms with Gasteiger partial charge in [-0.1, -0.05) is 66.6 Å². The van der Waals surface area contributed by atoms with Gasteiger partial charge in [0.25, 0.3) is 0 Å². The van der Waals surface area contributed by atoms with E-state index in [2.05, 4.69) is 54.5 Å². The number of anilines is 1. The molecule has 6 nitrogen and oxygen atoms in total. The van der Waals surface area contributed by atoms with Gasteiger partial charge >= 0.3 is 5.97 Å². The zero-order valence-electron chi connectivity index (χ0n) is 20.7. The van der Waals surface area contributed by atoms with Crippen molar-refractivity contribution in [2.75, 3.05) is 12.8 Å². The van der Waals surface area contributed by atoms with Crippen molar-refractivity contribution in [2.24, 2.45) is 0 Å². The van der Waals surface area contributed by atoms with Crippen LogP contribution in [-0.2, 0) is 9.84 Å². The molecule has 3 N–H and O–H groups in total. The zero-order valence-corrected chi connectivity index (χ0v) is 21.5. The average Bonchev–Trinajstić information content (AvgIpc) is 2.92. The van der Waals surface area contributed by atoms with E-state index in [1.807, 2.05) is 12.1 Å². The van der Waals surface area contributed by atoms with Crippen LogP contribution in [-0.4, -0.2) is 26.6 Å². The smallest absolute Gasteiger partial charge is 0.338 e. The Bertz CT molecular complexity index is 1520. The molecule has 0 saturated carbocycles. The van der Waals surface area contributed by atoms with E-state index in [-0.39, 0.29) is 26.6 Å². The van der Waals surface area contributed by atoms with Crippen LogP contribution < -0.4 is 10.5 Å². The number of hydrogen-bond acceptors (Lipinski definition) is 5. The third-order valence-electron chi connectivity index (χ3n) is 5.88. The van der Waals surface area contributed by atoms with Gasteiger partial charge in [-0.2, -0.15) is 0 Å². The molecule has 4 aromatic carbocycles. The molecule has 188 valence electrons. The van der Waals surface area contributed by atoms with Crippen LogP contribution in [0.15, 0.2) is 94.7 Å². The summed E-state index contributed by atoms with van der Waals surface area (Å²) in [7, 11) is -2.70. The van der Waals surface area contributed by atoms with Gasteiger partial charge in [0.1, 0.15) is 5.75 Å². The van der Waals surface area contributed by atoms with E-state index in [9.17, 15) is 18.3 Å². The number of nitrogens with two attached hydrogens (primary N) is 1. The molecule has 0 bridgehead atoms. The van der Waals surface area contributed by atoms with Crippen LogP contribution in [0.2, 0.25) is 0 Å². The summed E-state index contributed by atoms with van der Waals surface area (Å²) in [6.45, 7) is 3.03. The van der Waals surface area contributed by atoms with Crippen molar-refractivity contribution < 1.29 is 23.1 Å². The number of sulfone groups is 1. The molecule has 0 radical (unpaired) electrons. The molecule has 0 aliphatic rings. The lowest BCUT2D eigenvalue weighted by Gasteiger charge is -2.18. The molecule has 37 heavy (non-hydrogen) atoms. The molecule has 0 atom stereocenters. The molecule has 7 heteroatoms. The summed E-state index contributed by atoms with van der Waals surface area (Å²) >= 11 is 0. The molecule has 0 amide bonds. The molecular weight excluding hydrogens is 486 g/mol. The monoisotopic (exact) mass is 513 g/mol. The molecule has 4 aromatic rings. The second-order valence-electron chi connectivity index (χ2n) is 8.10. The molecule has 4 rings (SSSR count). The van der Waals surface area contributed by atoms with Gasteiger partial charge in [0.2, 0.25) is 9.84 Å². The fraction of sp³-hybridized carbons (Fsp3) is 0.100. The van der Waals surface area contributed by atoms with E-state index in [4.69, 9.17) is 16.9 Å². The number of benzene rings is 4. The Morgan fingerprint density at radius 3 is 1.76 bits per heavy atom. The summed E-state index contributed by atoms with van der Waals surface area (Å²) in [4.78, 5) is 11.3. The molecular formula is C30H27NO5S. The summed E-state index contributed by atoms with van der Waals surface area (Å²) < 4.78 is 31.2. The van der Waals surface area contributed by atoms with Gasteiger partial charge in [0.15, 0.2) is 0 Å². The number of carboxylic acids is 1. The first-order valence-electron chi connectivity index (χ1n) is 11.3. The van der Waals surface area contributed by atoms with Crippen molar-refractivity contribution in [3.8, 4) is 29.2 Å². The molecule has 0 aliphatic carbocycles. The van der Waals surface area contributed by atoms with Crippen LogP contribution in [0.25, 0.3) is 11.1 Å². The van der Waals surface area contributed by atoms with Crippen molar-refractivity contribution in [3.63, 3.8) is 0 Å². The number of aromatic carboxylic acids is 1. The molecule has 0 fully saturated rings. The predicted octanol–water partition coefficient (Wildman–Crippen LogP) is 5.76. The minimum Gasteiger partial charge on any atom is -0.497 e. The van der Waals surface area contributed by atoms with Gasteiger partial charge in [-0.3, -0.25) is 0 Å². The van der Waals surface area contributed by atoms with Crippen LogP contribution in [0.1, 0.15) is 27.0 Å². The van der Waals surface area contributed by atoms with Crippen LogP contribution in [0.4, 0.5) is 5.69 Å². The highest BCUT2D eigenvalue weighted by atomic mass is 32.2. The molecule has 0 heterocycles. The highest BCUT2D eigenvalue weighted by Crippen LogP contribution is 2.36. The van der Waals surface area contributed by atoms with Crippen LogP contribution in [0.3, 0.4) is 0 Å². The highest BCUT2D eigenvalue weighted by Gasteiger charge is 2.31. The lowest BCUT2D eigenvalue weighted by atomic mass is 9.97. The zero-order chi connectivity index (χ0) is 27.2. The standard InChI is InChI=1S/C18H17NO5S.C12H10/c1-5-14-10(2)16(19)11(3)17(15(14)18(20)21)25(22,23)13-8-6-12(24-4)7-9-13;1-3-7-11(8-4-1)12-9-5-2-6-10-12/h1,6-9H,19H2,2-4H3,(H,20,21);1-10H. The molecule has 0 aromatic heterocycles. The van der Waals surface area contributed by atoms with Gasteiger partial charge < -0.3 is 15.6 Å². The van der Waals surface area contributed by atoms with Gasteiger partial charge in [-0.05, 0) is 60.4 Å². The Kier molecular flexibility index (Phi) is 8.38. The number of nitrogen functional groups attached to an aromatic ring is 1. The van der Waals surface area contributed by atoms with Crippen molar-refractivity contribution in [2.45, 2.75) is 23.6 Å². The second kappa shape index (κ2) is 11.5. The number of carboxylic acid groups (broad SMARTS) is 1. The normalized spacial score (nSPS) is 10.5. The van der Waals surface area contributed by atoms with E-state index in [0.29, 0.717) is 11.3 Å². The van der Waals surface area contributed by atoms with E-state index < -0.39 is 21.4 Å². The van der Waals surface area contributed by atoms with Gasteiger partial charge in [-0.25, -0.2) is 13.2 Å². The summed E-state index contributed by atoms with van der Waals surface area (Å²) in [6, 6.07) is 26.4. The summed E-state index contributed by atoms with van der Waals surface area (Å²) in [5, 5.41) is 9.59. The minimum absolute atomic E-state index is 0.0392. The number of hydrogen-bond donors (Lipinski definition) is 2. The maximum atomic E-state index is 13.1. The first kappa shape index (κ1) is 27.1. The topological polar surface area (TPSA) is 107 Å². The maximum Gasteiger partial charge on any atom is 0.338 e. The van der Waals surface area contributed by atoms with E-state index >= 15 is 0 Å². The fourth-order valence-corrected chi connectivity index (χ4v) is 5.58. The molecule has 0 saturated heterocycles. The number of ether oxygens (including phenoxy) is 1. The second-order valence-corrected chi connectivity index (χ2v) is 9.99. The van der Waals surface area contributed by atoms with E-state index in [0.717, 1.165) is 0 Å². The van der Waals surface area contributed by atoms with Gasteiger partial charge in [0, 0.05) is 11.3 Å². The molecule has 0 spiro atoms. The first-order chi connectivity index (χ1) is 17.6. The van der Waals surface area contributed by atoms with E-state index in [1.54, 1.807) is 6.92 Å². The highest BCUT2D eigenvalue weighted by molar-refractivity contribution is 7.91. The Morgan fingerprint density at radius 1 is 0.865 bits per heavy atom. The molecule has 0 aliphatic heterocycles. The molecule has 0 unspecified atom stereocenters. The van der Waals surface area contributed by atoms with Gasteiger partial charge in [0.05, 0.1) is 22.5 Å². The average molecular weight is 514 g/mol. The largest absolute Gasteiger partial charge is 0.497 e. The number of terminal acetylenes is 1. The van der Waals surface area contributed by atoms with Gasteiger partial charge in [-0.15, -0.1) is 6.42 Å². The van der Waals surface area contributed by atoms with Crippen LogP contribution in [0.5, 0.6) is 5.75 Å². The van der Waals surface area contributed by atoms with Crippen molar-refractivity contribution in [1.82, 2.24) is 0 Å². The van der Waals surface area contributed by atoms with Crippen molar-refractivity contribution >= 4 is 21.5 Å². The van der Waals surface area contributed by atoms with Crippen molar-refractivity contribution in [3.05, 3.63) is 107 Å². The first-order valence-corrected chi connectivity index (χ1v) is 12.7. The number of rotatable bonds is 5. The lowest BCUT2D eigenvalue weighted by Crippen LogP contribution is -2.16. The fourth-order valence-electron chi connectivity index (χ4n) is 3.88. The number of carbonyl (C=O) groups is 1. The minimum atomic E-state index is -4.15. The van der Waals surface area contributed by atoms with Crippen LogP contribution >= 0.6 is 0 Å². The Morgan fingerprint density at radius 2 is 1.35 bits per heavy atom. The maximum absolute atomic E-state index is 13.1. The summed E-state index contributed by atoms with van der Waals surface area (Å²) in [6.07, 6.45) is 5.42. The Hall–Kier alpha value is -4.54.